The molecule has 2 aromatic carbocycles. The first-order chi connectivity index (χ1) is 15.4. The Morgan fingerprint density at radius 2 is 1.45 bits per heavy atom. The van der Waals surface area contributed by atoms with Gasteiger partial charge in [0.15, 0.2) is 0 Å². The third-order valence-corrected chi connectivity index (χ3v) is 6.17. The predicted molar refractivity (Wildman–Crippen MR) is 139 cm³/mol. The van der Waals surface area contributed by atoms with Crippen molar-refractivity contribution in [2.75, 3.05) is 0 Å². The maximum absolute atomic E-state index is 12.3. The normalized spacial score (nSPS) is 14.4. The Labute approximate surface area is 199 Å². The summed E-state index contributed by atoms with van der Waals surface area (Å²) in [5.74, 6) is -0.321. The van der Waals surface area contributed by atoms with E-state index in [1.807, 2.05) is 27.7 Å². The highest BCUT2D eigenvalue weighted by Gasteiger charge is 2.47. The topological polar surface area (TPSA) is 70.8 Å². The minimum Gasteiger partial charge on any atom is -0.438 e. The first kappa shape index (κ1) is 25.3. The number of carbonyl (C=O) groups is 1. The summed E-state index contributed by atoms with van der Waals surface area (Å²) in [6.45, 7) is 15.0. The molecule has 2 aromatic rings. The number of nitrogens with two attached hydrogens (primary N) is 1. The Morgan fingerprint density at radius 3 is 1.94 bits per heavy atom. The van der Waals surface area contributed by atoms with Gasteiger partial charge < -0.3 is 19.7 Å². The van der Waals surface area contributed by atoms with E-state index in [0.717, 1.165) is 0 Å². The van der Waals surface area contributed by atoms with Gasteiger partial charge in [0.05, 0.1) is 5.70 Å². The van der Waals surface area contributed by atoms with Crippen LogP contribution in [0.1, 0.15) is 52.7 Å². The molecule has 2 N–H and O–H groups in total. The van der Waals surface area contributed by atoms with Crippen LogP contribution in [0.15, 0.2) is 60.8 Å². The van der Waals surface area contributed by atoms with Crippen LogP contribution in [0.2, 0.25) is 0 Å². The maximum Gasteiger partial charge on any atom is 0.306 e. The third-order valence-electron chi connectivity index (χ3n) is 6.17. The van der Waals surface area contributed by atoms with Gasteiger partial charge in [-0.05, 0) is 63.8 Å². The lowest BCUT2D eigenvalue weighted by molar-refractivity contribution is -0.128. The van der Waals surface area contributed by atoms with Gasteiger partial charge in [-0.25, -0.2) is 0 Å². The highest BCUT2D eigenvalue weighted by atomic mass is 16.5. The van der Waals surface area contributed by atoms with E-state index in [1.54, 1.807) is 13.8 Å². The number of hydrogen-bond acceptors (Lipinski definition) is 5. The van der Waals surface area contributed by atoms with Crippen molar-refractivity contribution in [1.29, 1.82) is 0 Å². The van der Waals surface area contributed by atoms with Crippen LogP contribution in [0, 0.1) is 0 Å². The summed E-state index contributed by atoms with van der Waals surface area (Å²) in [5, 5.41) is -0.439. The van der Waals surface area contributed by atoms with E-state index in [9.17, 15) is 4.79 Å². The smallest absolute Gasteiger partial charge is 0.306 e. The molecular weight excluding hydrogens is 411 g/mol. The second kappa shape index (κ2) is 9.53. The zero-order chi connectivity index (χ0) is 24.4. The zero-order valence-electron chi connectivity index (χ0n) is 20.7. The lowest BCUT2D eigenvalue weighted by Gasteiger charge is -2.35. The van der Waals surface area contributed by atoms with Gasteiger partial charge in [0.25, 0.3) is 15.0 Å². The van der Waals surface area contributed by atoms with Gasteiger partial charge in [-0.1, -0.05) is 55.1 Å². The first-order valence-corrected chi connectivity index (χ1v) is 11.5. The SMILES string of the molecule is C=C(N)C(=O)C(C)(C)OBC(C)(C)OBC1(BOC(C)C)c2ccccc2-c2ccccc21. The molecular formula is C25H34B3NO4. The molecule has 5 nitrogen and oxygen atoms in total. The van der Waals surface area contributed by atoms with Crippen LogP contribution >= 0.6 is 0 Å². The molecule has 0 atom stereocenters. The number of hydrogen-bond donors (Lipinski definition) is 1. The minimum atomic E-state index is -1.07. The molecule has 33 heavy (non-hydrogen) atoms. The molecule has 8 heteroatoms. The van der Waals surface area contributed by atoms with Crippen molar-refractivity contribution in [2.24, 2.45) is 5.73 Å². The van der Waals surface area contributed by atoms with E-state index in [0.29, 0.717) is 15.0 Å². The molecule has 0 fully saturated rings. The molecule has 172 valence electrons. The van der Waals surface area contributed by atoms with Crippen LogP contribution in [0.25, 0.3) is 11.1 Å². The maximum atomic E-state index is 12.3. The second-order valence-corrected chi connectivity index (χ2v) is 10.2. The number of benzene rings is 2. The molecule has 3 rings (SSSR count). The van der Waals surface area contributed by atoms with E-state index in [4.69, 9.17) is 19.7 Å². The van der Waals surface area contributed by atoms with Crippen LogP contribution in [-0.2, 0) is 24.0 Å². The van der Waals surface area contributed by atoms with E-state index in [1.165, 1.54) is 22.3 Å². The molecule has 0 heterocycles. The summed E-state index contributed by atoms with van der Waals surface area (Å²) in [6, 6.07) is 16.9. The third kappa shape index (κ3) is 5.29. The molecule has 0 amide bonds. The van der Waals surface area contributed by atoms with Crippen LogP contribution in [0.3, 0.4) is 0 Å². The van der Waals surface area contributed by atoms with E-state index in [-0.39, 0.29) is 25.1 Å². The average Bonchev–Trinajstić information content (AvgIpc) is 3.05. The van der Waals surface area contributed by atoms with Crippen LogP contribution in [0.5, 0.6) is 0 Å². The lowest BCUT2D eigenvalue weighted by atomic mass is 9.42. The Bertz CT molecular complexity index is 990. The van der Waals surface area contributed by atoms with Gasteiger partial charge in [0.1, 0.15) is 5.60 Å². The molecule has 0 saturated carbocycles. The Kier molecular flexibility index (Phi) is 7.32. The first-order valence-electron chi connectivity index (χ1n) is 11.5. The van der Waals surface area contributed by atoms with Gasteiger partial charge in [0, 0.05) is 16.8 Å². The monoisotopic (exact) mass is 445 g/mol. The van der Waals surface area contributed by atoms with Gasteiger partial charge in [-0.3, -0.25) is 4.79 Å². The van der Waals surface area contributed by atoms with Gasteiger partial charge in [-0.2, -0.15) is 0 Å². The van der Waals surface area contributed by atoms with Crippen molar-refractivity contribution in [3.05, 3.63) is 71.9 Å². The molecule has 0 spiro atoms. The number of ketones is 1. The highest BCUT2D eigenvalue weighted by molar-refractivity contribution is 6.59. The molecule has 0 saturated heterocycles. The van der Waals surface area contributed by atoms with Crippen LogP contribution < -0.4 is 5.73 Å². The van der Waals surface area contributed by atoms with E-state index >= 15 is 0 Å². The van der Waals surface area contributed by atoms with Gasteiger partial charge in [0.2, 0.25) is 5.78 Å². The van der Waals surface area contributed by atoms with Crippen molar-refractivity contribution >= 4 is 28.2 Å². The highest BCUT2D eigenvalue weighted by Crippen LogP contribution is 2.48. The van der Waals surface area contributed by atoms with Crippen molar-refractivity contribution in [3.8, 4) is 11.1 Å². The number of rotatable bonds is 11. The summed E-state index contributed by atoms with van der Waals surface area (Å²) in [6.07, 6.45) is 0.0920. The average molecular weight is 445 g/mol. The fraction of sp³-hybridized carbons (Fsp3) is 0.400. The number of fused-ring (bicyclic) bond motifs is 3. The predicted octanol–water partition coefficient (Wildman–Crippen LogP) is 2.94. The molecule has 0 bridgehead atoms. The molecule has 0 unspecified atom stereocenters. The summed E-state index contributed by atoms with van der Waals surface area (Å²) >= 11 is 0. The zero-order valence-corrected chi connectivity index (χ0v) is 20.7. The molecule has 0 aliphatic heterocycles. The van der Waals surface area contributed by atoms with Crippen molar-refractivity contribution in [3.63, 3.8) is 0 Å². The van der Waals surface area contributed by atoms with E-state index < -0.39 is 16.3 Å². The van der Waals surface area contributed by atoms with Crippen LogP contribution in [-0.4, -0.2) is 45.4 Å². The van der Waals surface area contributed by atoms with Gasteiger partial charge >= 0.3 is 7.48 Å². The Morgan fingerprint density at radius 1 is 0.939 bits per heavy atom. The van der Waals surface area contributed by atoms with Crippen molar-refractivity contribution in [2.45, 2.75) is 64.0 Å². The lowest BCUT2D eigenvalue weighted by Crippen LogP contribution is -2.49. The second-order valence-electron chi connectivity index (χ2n) is 10.2. The fourth-order valence-corrected chi connectivity index (χ4v) is 4.24. The largest absolute Gasteiger partial charge is 0.438 e. The number of Topliss-reactive ketones (excluding diaryl/α,β-unsaturated/α-hetero) is 1. The Hall–Kier alpha value is -2.28. The summed E-state index contributed by atoms with van der Waals surface area (Å²) in [7, 11) is 1.15. The number of carbonyl (C=O) groups excluding carboxylic acids is 1. The molecule has 1 aliphatic carbocycles. The summed E-state index contributed by atoms with van der Waals surface area (Å²) in [4.78, 5) is 12.3. The molecule has 0 aromatic heterocycles. The summed E-state index contributed by atoms with van der Waals surface area (Å²) in [5.41, 5.74) is 8.71. The Balaban J connectivity index is 1.88. The quantitative estimate of drug-likeness (QED) is 0.426. The fourth-order valence-electron chi connectivity index (χ4n) is 4.24. The molecule has 0 radical (unpaired) electrons. The van der Waals surface area contributed by atoms with Crippen LogP contribution in [0.4, 0.5) is 0 Å². The van der Waals surface area contributed by atoms with Crippen molar-refractivity contribution in [1.82, 2.24) is 0 Å². The van der Waals surface area contributed by atoms with E-state index in [2.05, 4.69) is 55.1 Å². The van der Waals surface area contributed by atoms with Gasteiger partial charge in [-0.15, -0.1) is 0 Å². The van der Waals surface area contributed by atoms with Crippen molar-refractivity contribution < 1.29 is 18.8 Å². The standard InChI is InChI=1S/C25H34B3NO4/c1-16(2)31-27-25(20-14-10-8-12-18(20)19-13-9-11-15-21(19)25)28-33-24(6,7)26-32-23(4,5)22(30)17(3)29/h8-16,26-28H,3,29H2,1-2,4-7H3. The molecule has 1 aliphatic rings. The summed E-state index contributed by atoms with van der Waals surface area (Å²) < 4.78 is 18.7. The minimum absolute atomic E-state index is 0.0114.